The molecule has 0 saturated carbocycles. The lowest BCUT2D eigenvalue weighted by Gasteiger charge is -2.30. The van der Waals surface area contributed by atoms with E-state index in [0.717, 1.165) is 11.4 Å². The van der Waals surface area contributed by atoms with Crippen molar-refractivity contribution in [3.05, 3.63) is 169 Å². The Morgan fingerprint density at radius 3 is 1.09 bits per heavy atom. The molecule has 44 heavy (non-hydrogen) atoms. The van der Waals surface area contributed by atoms with Crippen molar-refractivity contribution in [1.82, 2.24) is 0 Å². The Bertz CT molecular complexity index is 2090. The third-order valence-electron chi connectivity index (χ3n) is 8.84. The highest BCUT2D eigenvalue weighted by Crippen LogP contribution is 2.47. The average molecular weight is 565 g/mol. The van der Waals surface area contributed by atoms with E-state index in [1.165, 1.54) is 66.2 Å². The van der Waals surface area contributed by atoms with Crippen LogP contribution in [0.5, 0.6) is 0 Å². The van der Waals surface area contributed by atoms with Gasteiger partial charge in [-0.05, 0) is 95.1 Å². The summed E-state index contributed by atoms with van der Waals surface area (Å²) in [7, 11) is 0. The van der Waals surface area contributed by atoms with Crippen molar-refractivity contribution in [3.8, 4) is 0 Å². The van der Waals surface area contributed by atoms with E-state index >= 15 is 0 Å². The SMILES string of the molecule is Cc1ccccc1N(c1ccccc1)c1ccc2ccc3c(N(c4ccccc4)c4ccccc4C)ccc4ccc1c2c43. The van der Waals surface area contributed by atoms with Crippen LogP contribution in [0, 0.1) is 13.8 Å². The van der Waals surface area contributed by atoms with E-state index in [0.29, 0.717) is 0 Å². The molecule has 0 spiro atoms. The maximum atomic E-state index is 2.41. The Morgan fingerprint density at radius 1 is 0.318 bits per heavy atom. The van der Waals surface area contributed by atoms with Gasteiger partial charge in [0.25, 0.3) is 0 Å². The van der Waals surface area contributed by atoms with Gasteiger partial charge in [0.1, 0.15) is 0 Å². The minimum atomic E-state index is 1.15. The van der Waals surface area contributed by atoms with Crippen LogP contribution in [-0.4, -0.2) is 0 Å². The molecular weight excluding hydrogens is 532 g/mol. The Labute approximate surface area is 258 Å². The molecule has 0 atom stereocenters. The first-order valence-electron chi connectivity index (χ1n) is 15.2. The predicted molar refractivity (Wildman–Crippen MR) is 189 cm³/mol. The Hall–Kier alpha value is -5.60. The second kappa shape index (κ2) is 10.6. The Balaban J connectivity index is 1.43. The molecule has 2 heteroatoms. The van der Waals surface area contributed by atoms with E-state index in [2.05, 4.69) is 181 Å². The largest absolute Gasteiger partial charge is 0.310 e. The van der Waals surface area contributed by atoms with Gasteiger partial charge in [0, 0.05) is 33.5 Å². The number of hydrogen-bond donors (Lipinski definition) is 0. The Kier molecular flexibility index (Phi) is 6.27. The standard InChI is InChI=1S/C42H32N2/c1-29-13-9-11-19-37(29)43(33-15-5-3-6-16-33)39-27-23-31-22-26-36-40(28-24-32-21-25-35(39)41(31)42(32)36)44(34-17-7-4-8-18-34)38-20-12-10-14-30(38)2/h3-28H,1-2H3. The van der Waals surface area contributed by atoms with Crippen LogP contribution >= 0.6 is 0 Å². The summed E-state index contributed by atoms with van der Waals surface area (Å²) < 4.78 is 0. The van der Waals surface area contributed by atoms with Gasteiger partial charge in [0.2, 0.25) is 0 Å². The van der Waals surface area contributed by atoms with Crippen LogP contribution in [-0.2, 0) is 0 Å². The molecule has 8 rings (SSSR count). The van der Waals surface area contributed by atoms with Crippen LogP contribution in [0.15, 0.2) is 158 Å². The maximum Gasteiger partial charge on any atom is 0.0540 e. The first-order chi connectivity index (χ1) is 21.7. The lowest BCUT2D eigenvalue weighted by Crippen LogP contribution is -2.12. The lowest BCUT2D eigenvalue weighted by molar-refractivity contribution is 1.26. The molecule has 0 radical (unpaired) electrons. The molecule has 0 aliphatic heterocycles. The van der Waals surface area contributed by atoms with Crippen LogP contribution in [0.2, 0.25) is 0 Å². The van der Waals surface area contributed by atoms with Crippen LogP contribution in [0.4, 0.5) is 34.1 Å². The number of anilines is 6. The highest BCUT2D eigenvalue weighted by molar-refractivity contribution is 6.28. The number of rotatable bonds is 6. The highest BCUT2D eigenvalue weighted by atomic mass is 15.2. The first-order valence-corrected chi connectivity index (χ1v) is 15.2. The fourth-order valence-corrected chi connectivity index (χ4v) is 6.76. The summed E-state index contributed by atoms with van der Waals surface area (Å²) in [5.41, 5.74) is 9.49. The van der Waals surface area contributed by atoms with Crippen molar-refractivity contribution in [3.63, 3.8) is 0 Å². The molecule has 0 unspecified atom stereocenters. The molecule has 0 aromatic heterocycles. The Morgan fingerprint density at radius 2 is 0.682 bits per heavy atom. The van der Waals surface area contributed by atoms with Crippen molar-refractivity contribution in [2.24, 2.45) is 0 Å². The molecule has 2 nitrogen and oxygen atoms in total. The summed E-state index contributed by atoms with van der Waals surface area (Å²) in [5, 5.41) is 7.58. The van der Waals surface area contributed by atoms with Crippen molar-refractivity contribution >= 4 is 66.4 Å². The average Bonchev–Trinajstić information content (AvgIpc) is 3.07. The fourth-order valence-electron chi connectivity index (χ4n) is 6.76. The molecule has 210 valence electrons. The number of benzene rings is 8. The van der Waals surface area contributed by atoms with E-state index in [1.807, 2.05) is 0 Å². The number of para-hydroxylation sites is 4. The second-order valence-electron chi connectivity index (χ2n) is 11.5. The van der Waals surface area contributed by atoms with E-state index in [-0.39, 0.29) is 0 Å². The minimum absolute atomic E-state index is 1.15. The summed E-state index contributed by atoms with van der Waals surface area (Å²) in [4.78, 5) is 4.82. The third kappa shape index (κ3) is 4.19. The minimum Gasteiger partial charge on any atom is -0.310 e. The van der Waals surface area contributed by atoms with Crippen molar-refractivity contribution < 1.29 is 0 Å². The van der Waals surface area contributed by atoms with Gasteiger partial charge in [0.05, 0.1) is 11.4 Å². The topological polar surface area (TPSA) is 6.48 Å². The van der Waals surface area contributed by atoms with Gasteiger partial charge in [-0.3, -0.25) is 0 Å². The van der Waals surface area contributed by atoms with Gasteiger partial charge < -0.3 is 9.80 Å². The van der Waals surface area contributed by atoms with Crippen LogP contribution < -0.4 is 9.80 Å². The monoisotopic (exact) mass is 564 g/mol. The summed E-state index contributed by atoms with van der Waals surface area (Å²) in [5.74, 6) is 0. The summed E-state index contributed by atoms with van der Waals surface area (Å²) >= 11 is 0. The second-order valence-corrected chi connectivity index (χ2v) is 11.5. The first kappa shape index (κ1) is 26.1. The zero-order valence-electron chi connectivity index (χ0n) is 24.9. The molecule has 0 aliphatic carbocycles. The van der Waals surface area contributed by atoms with E-state index in [9.17, 15) is 0 Å². The summed E-state index contributed by atoms with van der Waals surface area (Å²) in [6.45, 7) is 4.38. The number of hydrogen-bond acceptors (Lipinski definition) is 2. The molecule has 0 fully saturated rings. The van der Waals surface area contributed by atoms with E-state index in [1.54, 1.807) is 0 Å². The van der Waals surface area contributed by atoms with Crippen molar-refractivity contribution in [2.45, 2.75) is 13.8 Å². The van der Waals surface area contributed by atoms with Crippen LogP contribution in [0.3, 0.4) is 0 Å². The molecule has 0 saturated heterocycles. The predicted octanol–water partition coefficient (Wildman–Crippen LogP) is 12.1. The van der Waals surface area contributed by atoms with Gasteiger partial charge in [-0.15, -0.1) is 0 Å². The summed E-state index contributed by atoms with van der Waals surface area (Å²) in [6, 6.07) is 57.1. The maximum absolute atomic E-state index is 2.41. The lowest BCUT2D eigenvalue weighted by atomic mass is 9.91. The molecule has 0 aliphatic rings. The normalized spacial score (nSPS) is 11.4. The van der Waals surface area contributed by atoms with Crippen LogP contribution in [0.1, 0.15) is 11.1 Å². The zero-order chi connectivity index (χ0) is 29.6. The van der Waals surface area contributed by atoms with Gasteiger partial charge in [-0.2, -0.15) is 0 Å². The van der Waals surface area contributed by atoms with Crippen molar-refractivity contribution in [2.75, 3.05) is 9.80 Å². The smallest absolute Gasteiger partial charge is 0.0540 e. The van der Waals surface area contributed by atoms with E-state index in [4.69, 9.17) is 0 Å². The number of aryl methyl sites for hydroxylation is 2. The van der Waals surface area contributed by atoms with Gasteiger partial charge in [-0.1, -0.05) is 109 Å². The molecule has 8 aromatic carbocycles. The zero-order valence-corrected chi connectivity index (χ0v) is 24.9. The van der Waals surface area contributed by atoms with E-state index < -0.39 is 0 Å². The highest BCUT2D eigenvalue weighted by Gasteiger charge is 2.22. The van der Waals surface area contributed by atoms with Gasteiger partial charge in [-0.25, -0.2) is 0 Å². The van der Waals surface area contributed by atoms with Gasteiger partial charge in [0.15, 0.2) is 0 Å². The molecule has 0 amide bonds. The molecule has 0 bridgehead atoms. The fraction of sp³-hybridized carbons (Fsp3) is 0.0476. The molecular formula is C42H32N2. The van der Waals surface area contributed by atoms with Gasteiger partial charge >= 0.3 is 0 Å². The van der Waals surface area contributed by atoms with Crippen LogP contribution in [0.25, 0.3) is 32.3 Å². The molecule has 0 N–H and O–H groups in total. The molecule has 0 heterocycles. The quantitative estimate of drug-likeness (QED) is 0.185. The molecule has 8 aromatic rings. The number of nitrogens with zero attached hydrogens (tertiary/aromatic N) is 2. The summed E-state index contributed by atoms with van der Waals surface area (Å²) in [6.07, 6.45) is 0. The van der Waals surface area contributed by atoms with Crippen molar-refractivity contribution in [1.29, 1.82) is 0 Å². The third-order valence-corrected chi connectivity index (χ3v) is 8.84.